The smallest absolute Gasteiger partial charge is 0.298 e. The summed E-state index contributed by atoms with van der Waals surface area (Å²) in [7, 11) is 1.40. The van der Waals surface area contributed by atoms with E-state index in [0.29, 0.717) is 24.2 Å². The Balaban J connectivity index is 2.47. The number of likely N-dealkylation sites (tertiary alicyclic amines) is 1. The number of fused-ring (bicyclic) bond motifs is 2. The lowest BCUT2D eigenvalue weighted by Gasteiger charge is -2.42. The van der Waals surface area contributed by atoms with Crippen LogP contribution in [0.15, 0.2) is 11.8 Å². The van der Waals surface area contributed by atoms with Gasteiger partial charge in [0.1, 0.15) is 18.7 Å². The SMILES string of the molecule is COC1=C[C@@]2([N+](=O)[O-])C[NH+](CCBr)C[C@]([N+](=O)[O-])(C1)C2. The topological polar surface area (TPSA) is 100.0 Å². The first-order valence-electron chi connectivity index (χ1n) is 6.32. The Morgan fingerprint density at radius 3 is 2.60 bits per heavy atom. The minimum atomic E-state index is -1.40. The zero-order valence-corrected chi connectivity index (χ0v) is 12.7. The quantitative estimate of drug-likeness (QED) is 0.414. The number of nitrogens with one attached hydrogen (secondary N) is 1. The molecule has 1 saturated heterocycles. The maximum Gasteiger partial charge on any atom is 0.298 e. The van der Waals surface area contributed by atoms with Gasteiger partial charge in [-0.2, -0.15) is 0 Å². The maximum absolute atomic E-state index is 11.5. The molecule has 8 nitrogen and oxygen atoms in total. The fourth-order valence-electron chi connectivity index (χ4n) is 3.37. The molecule has 1 unspecified atom stereocenters. The second-order valence-corrected chi connectivity index (χ2v) is 6.35. The Morgan fingerprint density at radius 2 is 2.10 bits per heavy atom. The first-order chi connectivity index (χ1) is 9.37. The van der Waals surface area contributed by atoms with E-state index in [9.17, 15) is 20.2 Å². The van der Waals surface area contributed by atoms with Crippen LogP contribution in [0.2, 0.25) is 0 Å². The molecule has 0 spiro atoms. The van der Waals surface area contributed by atoms with Gasteiger partial charge in [0.05, 0.1) is 25.4 Å². The van der Waals surface area contributed by atoms with Crippen LogP contribution >= 0.6 is 15.9 Å². The normalized spacial score (nSPS) is 36.1. The first-order valence-corrected chi connectivity index (χ1v) is 7.44. The molecule has 0 aromatic heterocycles. The molecule has 1 N–H and O–H groups in total. The van der Waals surface area contributed by atoms with E-state index >= 15 is 0 Å². The number of methoxy groups -OCH3 is 1. The Kier molecular flexibility index (Phi) is 4.01. The second kappa shape index (κ2) is 5.28. The van der Waals surface area contributed by atoms with Crippen LogP contribution in [0.1, 0.15) is 12.8 Å². The van der Waals surface area contributed by atoms with Crippen molar-refractivity contribution in [3.05, 3.63) is 32.1 Å². The van der Waals surface area contributed by atoms with Crippen molar-refractivity contribution in [1.29, 1.82) is 0 Å². The van der Waals surface area contributed by atoms with Crippen LogP contribution in [0.3, 0.4) is 0 Å². The van der Waals surface area contributed by atoms with Gasteiger partial charge < -0.3 is 9.64 Å². The zero-order valence-electron chi connectivity index (χ0n) is 11.1. The average molecular weight is 351 g/mol. The summed E-state index contributed by atoms with van der Waals surface area (Å²) >= 11 is 3.30. The van der Waals surface area contributed by atoms with Gasteiger partial charge in [0, 0.05) is 15.9 Å². The van der Waals surface area contributed by atoms with E-state index in [4.69, 9.17) is 4.74 Å². The van der Waals surface area contributed by atoms with Crippen molar-refractivity contribution in [2.75, 3.05) is 32.1 Å². The van der Waals surface area contributed by atoms with Crippen molar-refractivity contribution in [3.8, 4) is 0 Å². The third kappa shape index (κ3) is 2.39. The van der Waals surface area contributed by atoms with Crippen LogP contribution in [-0.4, -0.2) is 53.0 Å². The van der Waals surface area contributed by atoms with Gasteiger partial charge in [0.15, 0.2) is 6.54 Å². The highest BCUT2D eigenvalue weighted by Gasteiger charge is 2.67. The zero-order chi connectivity index (χ0) is 15.0. The largest absolute Gasteiger partial charge is 0.501 e. The van der Waals surface area contributed by atoms with Gasteiger partial charge in [-0.3, -0.25) is 20.2 Å². The fraction of sp³-hybridized carbons (Fsp3) is 0.818. The molecule has 2 rings (SSSR count). The summed E-state index contributed by atoms with van der Waals surface area (Å²) in [5, 5.41) is 23.7. The molecule has 0 radical (unpaired) electrons. The van der Waals surface area contributed by atoms with E-state index < -0.39 is 16.0 Å². The molecule has 1 heterocycles. The lowest BCUT2D eigenvalue weighted by molar-refractivity contribution is -0.941. The highest BCUT2D eigenvalue weighted by molar-refractivity contribution is 9.09. The molecule has 20 heavy (non-hydrogen) atoms. The van der Waals surface area contributed by atoms with Crippen LogP contribution < -0.4 is 4.90 Å². The summed E-state index contributed by atoms with van der Waals surface area (Å²) < 4.78 is 5.11. The number of piperidine rings is 1. The number of ether oxygens (including phenoxy) is 1. The Morgan fingerprint density at radius 1 is 1.40 bits per heavy atom. The lowest BCUT2D eigenvalue weighted by atomic mass is 9.71. The lowest BCUT2D eigenvalue weighted by Crippen LogP contribution is -3.18. The van der Waals surface area contributed by atoms with Gasteiger partial charge >= 0.3 is 0 Å². The molecular weight excluding hydrogens is 334 g/mol. The average Bonchev–Trinajstić information content (AvgIpc) is 2.37. The van der Waals surface area contributed by atoms with Gasteiger partial charge in [-0.15, -0.1) is 0 Å². The Labute approximate surface area is 124 Å². The Hall–Kier alpha value is -1.22. The van der Waals surface area contributed by atoms with Crippen LogP contribution in [0, 0.1) is 20.2 Å². The van der Waals surface area contributed by atoms with Crippen LogP contribution in [0.25, 0.3) is 0 Å². The molecular formula is C11H17BrN3O5+. The van der Waals surface area contributed by atoms with Crippen molar-refractivity contribution in [3.63, 3.8) is 0 Å². The van der Waals surface area contributed by atoms with Gasteiger partial charge in [-0.25, -0.2) is 0 Å². The third-order valence-electron chi connectivity index (χ3n) is 4.16. The van der Waals surface area contributed by atoms with E-state index in [1.807, 2.05) is 0 Å². The van der Waals surface area contributed by atoms with Crippen molar-refractivity contribution in [2.45, 2.75) is 23.9 Å². The predicted molar refractivity (Wildman–Crippen MR) is 73.1 cm³/mol. The van der Waals surface area contributed by atoms with Gasteiger partial charge in [-0.05, 0) is 0 Å². The molecule has 2 aliphatic rings. The summed E-state index contributed by atoms with van der Waals surface area (Å²) in [4.78, 5) is 23.2. The van der Waals surface area contributed by atoms with E-state index in [1.165, 1.54) is 13.2 Å². The maximum atomic E-state index is 11.5. The van der Waals surface area contributed by atoms with Gasteiger partial charge in [0.25, 0.3) is 11.1 Å². The summed E-state index contributed by atoms with van der Waals surface area (Å²) in [6.07, 6.45) is 1.54. The molecule has 3 atom stereocenters. The second-order valence-electron chi connectivity index (χ2n) is 5.55. The van der Waals surface area contributed by atoms with Crippen LogP contribution in [0.5, 0.6) is 0 Å². The molecule has 1 fully saturated rings. The molecule has 0 aromatic carbocycles. The molecule has 0 aromatic rings. The number of hydrogen-bond acceptors (Lipinski definition) is 5. The predicted octanol–water partition coefficient (Wildman–Crippen LogP) is -0.365. The molecule has 0 saturated carbocycles. The van der Waals surface area contributed by atoms with Crippen molar-refractivity contribution in [2.24, 2.45) is 0 Å². The standard InChI is InChI=1S/C11H16BrN3O5/c1-20-9-4-10(14(16)17)6-11(5-9,15(18)19)8-13(7-10)3-2-12/h4H,2-3,5-8H2,1H3/p+1/t10-,11-/m0/s1. The summed E-state index contributed by atoms with van der Waals surface area (Å²) in [5.74, 6) is 0.350. The van der Waals surface area contributed by atoms with Crippen LogP contribution in [-0.2, 0) is 4.74 Å². The van der Waals surface area contributed by atoms with Gasteiger partial charge in [0.2, 0.25) is 0 Å². The fourth-order valence-corrected chi connectivity index (χ4v) is 3.94. The summed E-state index contributed by atoms with van der Waals surface area (Å²) in [6.45, 7) is 1.18. The van der Waals surface area contributed by atoms with Crippen molar-refractivity contribution < 1.29 is 19.5 Å². The number of nitro groups is 2. The molecule has 9 heteroatoms. The number of hydrogen-bond donors (Lipinski definition) is 1. The molecule has 1 aliphatic carbocycles. The first kappa shape index (κ1) is 15.2. The van der Waals surface area contributed by atoms with Crippen molar-refractivity contribution in [1.82, 2.24) is 0 Å². The van der Waals surface area contributed by atoms with E-state index in [2.05, 4.69) is 15.9 Å². The van der Waals surface area contributed by atoms with Crippen LogP contribution in [0.4, 0.5) is 0 Å². The van der Waals surface area contributed by atoms with E-state index in [0.717, 1.165) is 4.90 Å². The van der Waals surface area contributed by atoms with Crippen molar-refractivity contribution >= 4 is 15.9 Å². The highest BCUT2D eigenvalue weighted by Crippen LogP contribution is 2.39. The van der Waals surface area contributed by atoms with E-state index in [-0.39, 0.29) is 24.3 Å². The molecule has 0 amide bonds. The van der Waals surface area contributed by atoms with E-state index in [1.54, 1.807) is 0 Å². The number of halogens is 1. The summed E-state index contributed by atoms with van der Waals surface area (Å²) in [6, 6.07) is 0. The summed E-state index contributed by atoms with van der Waals surface area (Å²) in [5.41, 5.74) is -2.70. The van der Waals surface area contributed by atoms with Gasteiger partial charge in [-0.1, -0.05) is 15.9 Å². The number of alkyl halides is 1. The number of rotatable bonds is 5. The highest BCUT2D eigenvalue weighted by atomic mass is 79.9. The number of nitrogens with zero attached hydrogens (tertiary/aromatic N) is 2. The Bertz CT molecular complexity index is 471. The molecule has 112 valence electrons. The monoisotopic (exact) mass is 350 g/mol. The molecule has 2 bridgehead atoms. The molecule has 1 aliphatic heterocycles. The minimum absolute atomic E-state index is 0.0569. The minimum Gasteiger partial charge on any atom is -0.501 e. The third-order valence-corrected chi connectivity index (χ3v) is 4.56. The number of quaternary nitrogens is 1.